The van der Waals surface area contributed by atoms with Crippen LogP contribution in [0.4, 0.5) is 22.7 Å². The number of benzene rings is 4. The predicted octanol–water partition coefficient (Wildman–Crippen LogP) is 10.4. The summed E-state index contributed by atoms with van der Waals surface area (Å²) in [5, 5.41) is 6.86. The first-order valence-corrected chi connectivity index (χ1v) is 18.4. The van der Waals surface area contributed by atoms with E-state index in [2.05, 4.69) is 10.2 Å². The molecule has 10 heteroatoms. The summed E-state index contributed by atoms with van der Waals surface area (Å²) >= 11 is 30.4. The van der Waals surface area contributed by atoms with Gasteiger partial charge in [-0.3, -0.25) is 0 Å². The number of halogens is 4. The molecule has 0 saturated carbocycles. The quantitative estimate of drug-likeness (QED) is 0.226. The molecule has 0 atom stereocenters. The van der Waals surface area contributed by atoms with Crippen LogP contribution in [0.25, 0.3) is 0 Å². The van der Waals surface area contributed by atoms with Gasteiger partial charge in [-0.1, -0.05) is 0 Å². The van der Waals surface area contributed by atoms with Crippen molar-refractivity contribution in [3.05, 3.63) is 121 Å². The van der Waals surface area contributed by atoms with E-state index in [-0.39, 0.29) is 0 Å². The van der Waals surface area contributed by atoms with E-state index in [1.807, 2.05) is 121 Å². The summed E-state index contributed by atoms with van der Waals surface area (Å²) < 4.78 is 3.55. The van der Waals surface area contributed by atoms with Gasteiger partial charge in [-0.25, -0.2) is 0 Å². The van der Waals surface area contributed by atoms with Gasteiger partial charge in [0.15, 0.2) is 0 Å². The molecule has 1 aliphatic heterocycles. The van der Waals surface area contributed by atoms with Gasteiger partial charge in [-0.15, -0.1) is 0 Å². The second-order valence-corrected chi connectivity index (χ2v) is 22.6. The topological polar surface area (TPSA) is 30.5 Å². The summed E-state index contributed by atoms with van der Waals surface area (Å²) in [6.07, 6.45) is 0. The average Bonchev–Trinajstić information content (AvgIpc) is 2.80. The first-order valence-electron chi connectivity index (χ1n) is 10.5. The number of para-hydroxylation sites is 4. The molecule has 0 radical (unpaired) electrons. The molecule has 2 N–H and O–H groups in total. The van der Waals surface area contributed by atoms with Gasteiger partial charge in [-0.05, 0) is 0 Å². The SMILES string of the molecule is ClP1(Cl)(Nc2ccccc2)N(c2ccccc2)P(Cl)(Cl)(Nc2ccccc2)N1c1ccccc1. The van der Waals surface area contributed by atoms with Crippen molar-refractivity contribution in [1.82, 2.24) is 0 Å². The number of rotatable bonds is 6. The monoisotopic (exact) mass is 568 g/mol. The van der Waals surface area contributed by atoms with Crippen LogP contribution in [0, 0.1) is 0 Å². The summed E-state index contributed by atoms with van der Waals surface area (Å²) in [5.74, 6) is -8.52. The summed E-state index contributed by atoms with van der Waals surface area (Å²) in [6.45, 7) is 0. The van der Waals surface area contributed by atoms with Crippen LogP contribution in [0.15, 0.2) is 121 Å². The van der Waals surface area contributed by atoms with Crippen molar-refractivity contribution >= 4 is 79.2 Å². The van der Waals surface area contributed by atoms with Gasteiger partial charge < -0.3 is 0 Å². The molecule has 0 unspecified atom stereocenters. The van der Waals surface area contributed by atoms with Gasteiger partial charge in [-0.2, -0.15) is 0 Å². The third kappa shape index (κ3) is 3.78. The first kappa shape index (κ1) is 23.8. The maximum absolute atomic E-state index is 7.60. The second kappa shape index (κ2) is 8.35. The molecule has 0 spiro atoms. The van der Waals surface area contributed by atoms with Crippen molar-refractivity contribution in [2.24, 2.45) is 0 Å². The Morgan fingerprint density at radius 3 is 0.971 bits per heavy atom. The van der Waals surface area contributed by atoms with Crippen LogP contribution < -0.4 is 19.1 Å². The molecule has 1 saturated heterocycles. The minimum atomic E-state index is -4.26. The molecular weight excluding hydrogens is 548 g/mol. The molecular formula is C24H22Cl4N4P2. The zero-order chi connectivity index (χ0) is 23.9. The number of anilines is 4. The molecule has 4 aromatic rings. The van der Waals surface area contributed by atoms with Gasteiger partial charge in [0.1, 0.15) is 0 Å². The fourth-order valence-electron chi connectivity index (χ4n) is 4.20. The molecule has 1 fully saturated rings. The summed E-state index contributed by atoms with van der Waals surface area (Å²) in [5.41, 5.74) is 2.90. The van der Waals surface area contributed by atoms with Gasteiger partial charge in [0, 0.05) is 0 Å². The van der Waals surface area contributed by atoms with Gasteiger partial charge in [0.05, 0.1) is 0 Å². The van der Waals surface area contributed by atoms with Gasteiger partial charge >= 0.3 is 220 Å². The molecule has 0 bridgehead atoms. The number of nitrogens with zero attached hydrogens (tertiary/aromatic N) is 2. The molecule has 1 aliphatic rings. The second-order valence-electron chi connectivity index (χ2n) is 7.86. The van der Waals surface area contributed by atoms with Gasteiger partial charge in [0.25, 0.3) is 0 Å². The van der Waals surface area contributed by atoms with Crippen LogP contribution in [0.5, 0.6) is 0 Å². The van der Waals surface area contributed by atoms with E-state index in [9.17, 15) is 0 Å². The van der Waals surface area contributed by atoms with Crippen molar-refractivity contribution in [2.45, 2.75) is 0 Å². The van der Waals surface area contributed by atoms with Crippen LogP contribution in [-0.4, -0.2) is 0 Å². The van der Waals surface area contributed by atoms with Crippen molar-refractivity contribution in [3.8, 4) is 0 Å². The van der Waals surface area contributed by atoms with E-state index in [1.165, 1.54) is 0 Å². The van der Waals surface area contributed by atoms with E-state index in [4.69, 9.17) is 45.0 Å². The van der Waals surface area contributed by atoms with Crippen molar-refractivity contribution in [2.75, 3.05) is 19.1 Å². The third-order valence-corrected chi connectivity index (χ3v) is 21.6. The zero-order valence-corrected chi connectivity index (χ0v) is 22.7. The molecule has 0 aliphatic carbocycles. The number of nitrogens with one attached hydrogen (secondary N) is 2. The molecule has 0 aromatic heterocycles. The van der Waals surface area contributed by atoms with Gasteiger partial charge in [0.2, 0.25) is 0 Å². The number of hydrogen-bond acceptors (Lipinski definition) is 4. The fourth-order valence-corrected chi connectivity index (χ4v) is 28.5. The Hall–Kier alpha value is -1.90. The Kier molecular flexibility index (Phi) is 5.85. The third-order valence-electron chi connectivity index (χ3n) is 5.44. The molecule has 4 aromatic carbocycles. The summed E-state index contributed by atoms with van der Waals surface area (Å²) in [4.78, 5) is 0. The summed E-state index contributed by atoms with van der Waals surface area (Å²) in [6, 6.07) is 38.2. The molecule has 4 nitrogen and oxygen atoms in total. The Balaban J connectivity index is 1.77. The molecule has 176 valence electrons. The first-order chi connectivity index (χ1) is 16.2. The van der Waals surface area contributed by atoms with E-state index >= 15 is 0 Å². The Labute approximate surface area is 218 Å². The normalized spacial score (nSPS) is 21.5. The Morgan fingerprint density at radius 2 is 0.676 bits per heavy atom. The number of hydrogen-bond donors (Lipinski definition) is 2. The van der Waals surface area contributed by atoms with E-state index in [0.29, 0.717) is 11.4 Å². The van der Waals surface area contributed by atoms with Crippen LogP contribution >= 0.6 is 56.5 Å². The molecule has 0 amide bonds. The van der Waals surface area contributed by atoms with E-state index in [0.717, 1.165) is 11.4 Å². The molecule has 5 rings (SSSR count). The molecule has 34 heavy (non-hydrogen) atoms. The molecule has 1 heterocycles. The van der Waals surface area contributed by atoms with Crippen LogP contribution in [0.2, 0.25) is 0 Å². The van der Waals surface area contributed by atoms with E-state index < -0.39 is 11.5 Å². The maximum atomic E-state index is 7.60. The van der Waals surface area contributed by atoms with Crippen LogP contribution in [0.3, 0.4) is 0 Å². The standard InChI is InChI=1S/C24H22Cl4N4P2/c25-33(26,29-21-13-5-1-6-14-21)31(23-17-9-3-10-18-23)34(27,28,30-22-15-7-2-8-16-22)32(33)24-19-11-4-12-20-24/h1-20,29-30H. The Bertz CT molecular complexity index is 1180. The van der Waals surface area contributed by atoms with E-state index in [1.54, 1.807) is 8.88 Å². The van der Waals surface area contributed by atoms with Crippen molar-refractivity contribution < 1.29 is 0 Å². The predicted molar refractivity (Wildman–Crippen MR) is 155 cm³/mol. The van der Waals surface area contributed by atoms with Crippen LogP contribution in [0.1, 0.15) is 0 Å². The Morgan fingerprint density at radius 1 is 0.412 bits per heavy atom. The van der Waals surface area contributed by atoms with Crippen LogP contribution in [-0.2, 0) is 0 Å². The minimum absolute atomic E-state index is 0.701. The average molecular weight is 570 g/mol. The van der Waals surface area contributed by atoms with Crippen molar-refractivity contribution in [3.63, 3.8) is 0 Å². The zero-order valence-electron chi connectivity index (χ0n) is 17.8. The van der Waals surface area contributed by atoms with Crippen molar-refractivity contribution in [1.29, 1.82) is 0 Å². The summed E-state index contributed by atoms with van der Waals surface area (Å²) in [7, 11) is 0. The fraction of sp³-hybridized carbons (Fsp3) is 0.